The molecule has 0 saturated carbocycles. The zero-order valence-corrected chi connectivity index (χ0v) is 15.4. The number of nitrogens with zero attached hydrogens (tertiary/aromatic N) is 2. The molecule has 0 aliphatic carbocycles. The molecule has 5 nitrogen and oxygen atoms in total. The van der Waals surface area contributed by atoms with E-state index in [9.17, 15) is 10.1 Å². The highest BCUT2D eigenvalue weighted by atomic mass is 35.5. The lowest BCUT2D eigenvalue weighted by molar-refractivity contribution is -0.117. The normalized spacial score (nSPS) is 12.3. The number of aromatic nitrogens is 2. The van der Waals surface area contributed by atoms with E-state index >= 15 is 0 Å². The van der Waals surface area contributed by atoms with Gasteiger partial charge in [-0.3, -0.25) is 9.89 Å². The molecule has 1 heterocycles. The van der Waals surface area contributed by atoms with Crippen LogP contribution in [-0.4, -0.2) is 16.1 Å². The SMILES string of the molecule is C[C@H](NC(=O)/C(C#N)=C\c1cn[nH]c1-c1ccc(Cl)cc1)c1ccccc1. The fourth-order valence-corrected chi connectivity index (χ4v) is 2.78. The van der Waals surface area contributed by atoms with Crippen molar-refractivity contribution in [1.82, 2.24) is 15.5 Å². The Kier molecular flexibility index (Phi) is 5.70. The number of hydrogen-bond donors (Lipinski definition) is 2. The first kappa shape index (κ1) is 18.4. The fourth-order valence-electron chi connectivity index (χ4n) is 2.66. The zero-order valence-electron chi connectivity index (χ0n) is 14.6. The Morgan fingerprint density at radius 1 is 1.22 bits per heavy atom. The van der Waals surface area contributed by atoms with Crippen LogP contribution in [0.5, 0.6) is 0 Å². The second kappa shape index (κ2) is 8.35. The third kappa shape index (κ3) is 4.43. The van der Waals surface area contributed by atoms with Crippen molar-refractivity contribution in [3.63, 3.8) is 0 Å². The lowest BCUT2D eigenvalue weighted by Gasteiger charge is -2.13. The van der Waals surface area contributed by atoms with Crippen molar-refractivity contribution in [2.45, 2.75) is 13.0 Å². The van der Waals surface area contributed by atoms with Crippen LogP contribution in [0.15, 0.2) is 66.4 Å². The summed E-state index contributed by atoms with van der Waals surface area (Å²) in [6, 6.07) is 18.6. The molecule has 6 heteroatoms. The van der Waals surface area contributed by atoms with E-state index in [1.54, 1.807) is 18.3 Å². The van der Waals surface area contributed by atoms with E-state index in [0.29, 0.717) is 16.3 Å². The topological polar surface area (TPSA) is 81.6 Å². The lowest BCUT2D eigenvalue weighted by Crippen LogP contribution is -2.27. The van der Waals surface area contributed by atoms with E-state index in [4.69, 9.17) is 11.6 Å². The van der Waals surface area contributed by atoms with Gasteiger partial charge in [0.05, 0.1) is 17.9 Å². The van der Waals surface area contributed by atoms with E-state index in [1.165, 1.54) is 6.08 Å². The number of nitrogens with one attached hydrogen (secondary N) is 2. The van der Waals surface area contributed by atoms with Crippen molar-refractivity contribution in [3.8, 4) is 17.3 Å². The zero-order chi connectivity index (χ0) is 19.2. The number of rotatable bonds is 5. The van der Waals surface area contributed by atoms with Crippen LogP contribution in [0.25, 0.3) is 17.3 Å². The molecule has 1 atom stereocenters. The summed E-state index contributed by atoms with van der Waals surface area (Å²) in [6.07, 6.45) is 3.11. The molecule has 27 heavy (non-hydrogen) atoms. The second-order valence-electron chi connectivity index (χ2n) is 5.98. The Labute approximate surface area is 162 Å². The van der Waals surface area contributed by atoms with Gasteiger partial charge in [0, 0.05) is 16.1 Å². The van der Waals surface area contributed by atoms with Crippen LogP contribution in [-0.2, 0) is 4.79 Å². The average molecular weight is 377 g/mol. The number of nitriles is 1. The largest absolute Gasteiger partial charge is 0.345 e. The predicted octanol–water partition coefficient (Wildman–Crippen LogP) is 4.51. The maximum absolute atomic E-state index is 12.5. The van der Waals surface area contributed by atoms with Gasteiger partial charge < -0.3 is 5.32 Å². The molecule has 3 rings (SSSR count). The Balaban J connectivity index is 1.83. The molecule has 2 aromatic carbocycles. The number of H-pyrrole nitrogens is 1. The van der Waals surface area contributed by atoms with E-state index < -0.39 is 5.91 Å². The van der Waals surface area contributed by atoms with E-state index in [1.807, 2.05) is 55.5 Å². The molecule has 0 bridgehead atoms. The monoisotopic (exact) mass is 376 g/mol. The Morgan fingerprint density at radius 2 is 1.93 bits per heavy atom. The summed E-state index contributed by atoms with van der Waals surface area (Å²) in [5, 5.41) is 19.9. The minimum Gasteiger partial charge on any atom is -0.345 e. The smallest absolute Gasteiger partial charge is 0.262 e. The highest BCUT2D eigenvalue weighted by Gasteiger charge is 2.15. The lowest BCUT2D eigenvalue weighted by atomic mass is 10.1. The van der Waals surface area contributed by atoms with E-state index in [-0.39, 0.29) is 11.6 Å². The first-order chi connectivity index (χ1) is 13.1. The number of benzene rings is 2. The van der Waals surface area contributed by atoms with Crippen LogP contribution in [0.2, 0.25) is 5.02 Å². The molecule has 0 fully saturated rings. The van der Waals surface area contributed by atoms with Gasteiger partial charge in [0.25, 0.3) is 5.91 Å². The Morgan fingerprint density at radius 3 is 2.59 bits per heavy atom. The van der Waals surface area contributed by atoms with Crippen LogP contribution in [0.3, 0.4) is 0 Å². The third-order valence-electron chi connectivity index (χ3n) is 4.11. The molecule has 0 unspecified atom stereocenters. The Hall–Kier alpha value is -3.36. The molecular formula is C21H17ClN4O. The molecule has 1 amide bonds. The molecule has 2 N–H and O–H groups in total. The minimum atomic E-state index is -0.433. The van der Waals surface area contributed by atoms with Gasteiger partial charge in [-0.25, -0.2) is 0 Å². The third-order valence-corrected chi connectivity index (χ3v) is 4.37. The second-order valence-corrected chi connectivity index (χ2v) is 6.42. The van der Waals surface area contributed by atoms with Gasteiger partial charge in [0.2, 0.25) is 0 Å². The fraction of sp³-hybridized carbons (Fsp3) is 0.0952. The van der Waals surface area contributed by atoms with Gasteiger partial charge in [0.1, 0.15) is 11.6 Å². The Bertz CT molecular complexity index is 1000. The number of hydrogen-bond acceptors (Lipinski definition) is 3. The molecule has 0 aliphatic heterocycles. The summed E-state index contributed by atoms with van der Waals surface area (Å²) < 4.78 is 0. The van der Waals surface area contributed by atoms with Crippen molar-refractivity contribution in [1.29, 1.82) is 5.26 Å². The van der Waals surface area contributed by atoms with Crippen LogP contribution < -0.4 is 5.32 Å². The molecular weight excluding hydrogens is 360 g/mol. The minimum absolute atomic E-state index is 0.00870. The van der Waals surface area contributed by atoms with Gasteiger partial charge >= 0.3 is 0 Å². The summed E-state index contributed by atoms with van der Waals surface area (Å²) in [5.41, 5.74) is 3.20. The summed E-state index contributed by atoms with van der Waals surface area (Å²) in [7, 11) is 0. The van der Waals surface area contributed by atoms with Crippen molar-refractivity contribution in [2.75, 3.05) is 0 Å². The van der Waals surface area contributed by atoms with Gasteiger partial charge in [0.15, 0.2) is 0 Å². The average Bonchev–Trinajstić information content (AvgIpc) is 3.15. The number of carbonyl (C=O) groups is 1. The number of carbonyl (C=O) groups excluding carboxylic acids is 1. The molecule has 0 saturated heterocycles. The molecule has 0 spiro atoms. The predicted molar refractivity (Wildman–Crippen MR) is 106 cm³/mol. The maximum atomic E-state index is 12.5. The molecule has 0 radical (unpaired) electrons. The number of aromatic amines is 1. The standard InChI is InChI=1S/C21H17ClN4O/c1-14(15-5-3-2-4-6-15)25-21(27)17(12-23)11-18-13-24-26-20(18)16-7-9-19(22)10-8-16/h2-11,13-14H,1H3,(H,24,26)(H,25,27)/b17-11-/t14-/m0/s1. The number of halogens is 1. The van der Waals surface area contributed by atoms with Crippen molar-refractivity contribution in [2.24, 2.45) is 0 Å². The number of amides is 1. The maximum Gasteiger partial charge on any atom is 0.262 e. The van der Waals surface area contributed by atoms with Crippen LogP contribution in [0.1, 0.15) is 24.1 Å². The van der Waals surface area contributed by atoms with Crippen LogP contribution in [0.4, 0.5) is 0 Å². The molecule has 1 aromatic heterocycles. The molecule has 3 aromatic rings. The highest BCUT2D eigenvalue weighted by Crippen LogP contribution is 2.24. The summed E-state index contributed by atoms with van der Waals surface area (Å²) in [5.74, 6) is -0.433. The van der Waals surface area contributed by atoms with E-state index in [2.05, 4.69) is 15.5 Å². The van der Waals surface area contributed by atoms with Crippen molar-refractivity contribution in [3.05, 3.63) is 82.5 Å². The van der Waals surface area contributed by atoms with Gasteiger partial charge in [-0.1, -0.05) is 54.1 Å². The van der Waals surface area contributed by atoms with Crippen molar-refractivity contribution < 1.29 is 4.79 Å². The highest BCUT2D eigenvalue weighted by molar-refractivity contribution is 6.30. The van der Waals surface area contributed by atoms with Crippen molar-refractivity contribution >= 4 is 23.6 Å². The van der Waals surface area contributed by atoms with Crippen LogP contribution in [0, 0.1) is 11.3 Å². The first-order valence-electron chi connectivity index (χ1n) is 8.35. The van der Waals surface area contributed by atoms with Gasteiger partial charge in [-0.05, 0) is 30.7 Å². The summed E-state index contributed by atoms with van der Waals surface area (Å²) in [4.78, 5) is 12.5. The molecule has 134 valence electrons. The quantitative estimate of drug-likeness (QED) is 0.507. The van der Waals surface area contributed by atoms with Crippen LogP contribution >= 0.6 is 11.6 Å². The summed E-state index contributed by atoms with van der Waals surface area (Å²) >= 11 is 5.93. The van der Waals surface area contributed by atoms with E-state index in [0.717, 1.165) is 11.1 Å². The molecule has 0 aliphatic rings. The first-order valence-corrected chi connectivity index (χ1v) is 8.73. The van der Waals surface area contributed by atoms with Gasteiger partial charge in [-0.15, -0.1) is 0 Å². The summed E-state index contributed by atoms with van der Waals surface area (Å²) in [6.45, 7) is 1.87. The van der Waals surface area contributed by atoms with Gasteiger partial charge in [-0.2, -0.15) is 10.4 Å².